The van der Waals surface area contributed by atoms with E-state index in [2.05, 4.69) is 5.32 Å². The molecule has 2 amide bonds. The van der Waals surface area contributed by atoms with E-state index < -0.39 is 39.3 Å². The normalized spacial score (nSPS) is 12.1. The van der Waals surface area contributed by atoms with E-state index in [0.717, 1.165) is 16.6 Å². The lowest BCUT2D eigenvalue weighted by Crippen LogP contribution is -2.51. The van der Waals surface area contributed by atoms with E-state index in [-0.39, 0.29) is 22.9 Å². The number of likely N-dealkylation sites (N-methyl/N-ethyl adjacent to an activating group) is 1. The van der Waals surface area contributed by atoms with Crippen LogP contribution >= 0.6 is 23.2 Å². The van der Waals surface area contributed by atoms with Gasteiger partial charge >= 0.3 is 0 Å². The summed E-state index contributed by atoms with van der Waals surface area (Å²) in [5.41, 5.74) is 0.660. The minimum atomic E-state index is -4.03. The molecule has 0 heterocycles. The Labute approximate surface area is 214 Å². The molecule has 0 aromatic heterocycles. The summed E-state index contributed by atoms with van der Waals surface area (Å²) in [7, 11) is -4.03. The van der Waals surface area contributed by atoms with Gasteiger partial charge in [0.05, 0.1) is 26.9 Å². The van der Waals surface area contributed by atoms with E-state index in [9.17, 15) is 28.1 Å². The molecule has 1 N–H and O–H groups in total. The Morgan fingerprint density at radius 1 is 1.14 bits per heavy atom. The molecule has 2 rings (SSSR count). The van der Waals surface area contributed by atoms with E-state index in [4.69, 9.17) is 23.2 Å². The molecule has 2 aromatic rings. The second-order valence-electron chi connectivity index (χ2n) is 7.84. The monoisotopic (exact) mass is 544 g/mol. The number of sulfonamides is 1. The van der Waals surface area contributed by atoms with Crippen LogP contribution in [0.3, 0.4) is 0 Å². The van der Waals surface area contributed by atoms with Gasteiger partial charge in [-0.1, -0.05) is 35.3 Å². The maximum Gasteiger partial charge on any atom is 0.271 e. The number of nitrogens with one attached hydrogen (secondary N) is 1. The number of nitro benzene ring substituents is 1. The first-order valence-electron chi connectivity index (χ1n) is 10.5. The largest absolute Gasteiger partial charge is 0.355 e. The third kappa shape index (κ3) is 7.30. The highest BCUT2D eigenvalue weighted by atomic mass is 35.5. The highest BCUT2D eigenvalue weighted by molar-refractivity contribution is 7.92. The topological polar surface area (TPSA) is 130 Å². The molecule has 0 saturated carbocycles. The van der Waals surface area contributed by atoms with Crippen molar-refractivity contribution in [3.8, 4) is 0 Å². The van der Waals surface area contributed by atoms with Gasteiger partial charge < -0.3 is 10.2 Å². The Morgan fingerprint density at radius 3 is 2.34 bits per heavy atom. The number of benzene rings is 2. The molecule has 0 saturated heterocycles. The molecule has 0 radical (unpaired) electrons. The van der Waals surface area contributed by atoms with Crippen LogP contribution in [0.15, 0.2) is 36.4 Å². The van der Waals surface area contributed by atoms with Crippen LogP contribution in [0, 0.1) is 17.0 Å². The second kappa shape index (κ2) is 11.7. The van der Waals surface area contributed by atoms with Gasteiger partial charge in [0, 0.05) is 25.2 Å². The molecule has 0 bridgehead atoms. The minimum absolute atomic E-state index is 0.00444. The zero-order valence-electron chi connectivity index (χ0n) is 19.6. The highest BCUT2D eigenvalue weighted by Gasteiger charge is 2.31. The number of amides is 2. The number of carbonyl (C=O) groups excluding carboxylic acids is 2. The molecule has 35 heavy (non-hydrogen) atoms. The number of nitro groups is 1. The first-order chi connectivity index (χ1) is 16.3. The first kappa shape index (κ1) is 28.3. The van der Waals surface area contributed by atoms with Crippen molar-refractivity contribution >= 4 is 56.4 Å². The molecule has 10 nitrogen and oxygen atoms in total. The summed E-state index contributed by atoms with van der Waals surface area (Å²) in [6.45, 7) is 4.42. The van der Waals surface area contributed by atoms with E-state index in [1.807, 2.05) is 0 Å². The Bertz CT molecular complexity index is 1240. The lowest BCUT2D eigenvalue weighted by molar-refractivity contribution is -0.384. The molecular formula is C22H26Cl2N4O6S. The van der Waals surface area contributed by atoms with Crippen LogP contribution in [0.25, 0.3) is 0 Å². The van der Waals surface area contributed by atoms with Gasteiger partial charge in [-0.2, -0.15) is 0 Å². The van der Waals surface area contributed by atoms with Gasteiger partial charge in [-0.15, -0.1) is 0 Å². The first-order valence-corrected chi connectivity index (χ1v) is 13.1. The van der Waals surface area contributed by atoms with Gasteiger partial charge in [0.15, 0.2) is 0 Å². The molecule has 1 atom stereocenters. The number of aryl methyl sites for hydroxylation is 1. The number of non-ortho nitro benzene ring substituents is 1. The number of carbonyl (C=O) groups is 2. The fourth-order valence-electron chi connectivity index (χ4n) is 3.31. The maximum atomic E-state index is 13.5. The summed E-state index contributed by atoms with van der Waals surface area (Å²) >= 11 is 12.1. The van der Waals surface area contributed by atoms with Gasteiger partial charge in [0.2, 0.25) is 21.8 Å². The smallest absolute Gasteiger partial charge is 0.271 e. The minimum Gasteiger partial charge on any atom is -0.355 e. The summed E-state index contributed by atoms with van der Waals surface area (Å²) in [5, 5.41) is 14.5. The number of rotatable bonds is 10. The van der Waals surface area contributed by atoms with Crippen molar-refractivity contribution in [2.45, 2.75) is 33.4 Å². The summed E-state index contributed by atoms with van der Waals surface area (Å²) < 4.78 is 26.1. The number of hydrogen-bond acceptors (Lipinski definition) is 6. The van der Waals surface area contributed by atoms with Crippen molar-refractivity contribution in [3.63, 3.8) is 0 Å². The molecule has 190 valence electrons. The summed E-state index contributed by atoms with van der Waals surface area (Å²) in [6.07, 6.45) is 0.898. The zero-order chi connectivity index (χ0) is 26.5. The Kier molecular flexibility index (Phi) is 9.47. The molecule has 2 aromatic carbocycles. The fourth-order valence-corrected chi connectivity index (χ4v) is 4.53. The van der Waals surface area contributed by atoms with Gasteiger partial charge in [-0.3, -0.25) is 24.0 Å². The van der Waals surface area contributed by atoms with Crippen LogP contribution in [0.4, 0.5) is 11.4 Å². The van der Waals surface area contributed by atoms with Crippen LogP contribution in [0.2, 0.25) is 10.0 Å². The number of halogens is 2. The quantitative estimate of drug-likeness (QED) is 0.359. The molecule has 0 spiro atoms. The molecular weight excluding hydrogens is 519 g/mol. The van der Waals surface area contributed by atoms with Crippen LogP contribution in [0.1, 0.15) is 25.0 Å². The Hall–Kier alpha value is -2.89. The predicted molar refractivity (Wildman–Crippen MR) is 135 cm³/mol. The molecule has 13 heteroatoms. The molecule has 0 fully saturated rings. The van der Waals surface area contributed by atoms with Crippen LogP contribution in [-0.2, 0) is 26.2 Å². The van der Waals surface area contributed by atoms with Crippen LogP contribution < -0.4 is 9.62 Å². The number of anilines is 1. The molecule has 0 aliphatic heterocycles. The van der Waals surface area contributed by atoms with Gasteiger partial charge in [0.1, 0.15) is 12.6 Å². The molecule has 0 aliphatic carbocycles. The van der Waals surface area contributed by atoms with Crippen molar-refractivity contribution in [3.05, 3.63) is 67.7 Å². The molecule has 1 unspecified atom stereocenters. The van der Waals surface area contributed by atoms with Crippen molar-refractivity contribution in [2.75, 3.05) is 23.7 Å². The second-order valence-corrected chi connectivity index (χ2v) is 10.6. The summed E-state index contributed by atoms with van der Waals surface area (Å²) in [5.74, 6) is -1.12. The fraction of sp³-hybridized carbons (Fsp3) is 0.364. The summed E-state index contributed by atoms with van der Waals surface area (Å²) in [4.78, 5) is 37.8. The summed E-state index contributed by atoms with van der Waals surface area (Å²) in [6, 6.07) is 7.53. The van der Waals surface area contributed by atoms with E-state index in [1.165, 1.54) is 24.0 Å². The lowest BCUT2D eigenvalue weighted by Gasteiger charge is -2.31. The number of hydrogen-bond donors (Lipinski definition) is 1. The van der Waals surface area contributed by atoms with Crippen molar-refractivity contribution in [2.24, 2.45) is 0 Å². The van der Waals surface area contributed by atoms with Crippen molar-refractivity contribution < 1.29 is 22.9 Å². The Balaban J connectivity index is 2.49. The lowest BCUT2D eigenvalue weighted by atomic mass is 10.1. The van der Waals surface area contributed by atoms with Gasteiger partial charge in [0.25, 0.3) is 5.69 Å². The van der Waals surface area contributed by atoms with E-state index in [0.29, 0.717) is 22.7 Å². The zero-order valence-corrected chi connectivity index (χ0v) is 21.9. The van der Waals surface area contributed by atoms with Gasteiger partial charge in [-0.25, -0.2) is 8.42 Å². The SMILES string of the molecule is CCNC(=O)C(C)N(Cc1ccc(Cl)c(Cl)c1)C(=O)CN(c1cc([N+](=O)[O-])ccc1C)S(C)(=O)=O. The maximum absolute atomic E-state index is 13.5. The average Bonchev–Trinajstić information content (AvgIpc) is 2.77. The Morgan fingerprint density at radius 2 is 1.80 bits per heavy atom. The van der Waals surface area contributed by atoms with E-state index in [1.54, 1.807) is 32.0 Å². The van der Waals surface area contributed by atoms with Crippen molar-refractivity contribution in [1.82, 2.24) is 10.2 Å². The third-order valence-corrected chi connectivity index (χ3v) is 7.07. The highest BCUT2D eigenvalue weighted by Crippen LogP contribution is 2.28. The third-order valence-electron chi connectivity index (χ3n) is 5.21. The average molecular weight is 545 g/mol. The predicted octanol–water partition coefficient (Wildman–Crippen LogP) is 3.53. The van der Waals surface area contributed by atoms with E-state index >= 15 is 0 Å². The van der Waals surface area contributed by atoms with Crippen LogP contribution in [-0.4, -0.2) is 55.4 Å². The van der Waals surface area contributed by atoms with Crippen molar-refractivity contribution in [1.29, 1.82) is 0 Å². The van der Waals surface area contributed by atoms with Gasteiger partial charge in [-0.05, 0) is 44.0 Å². The van der Waals surface area contributed by atoms with Crippen LogP contribution in [0.5, 0.6) is 0 Å². The number of nitrogens with zero attached hydrogens (tertiary/aromatic N) is 3. The molecule has 0 aliphatic rings. The standard InChI is InChI=1S/C22H26Cl2N4O6S/c1-5-25-22(30)15(3)26(12-16-7-9-18(23)19(24)10-16)21(29)13-27(35(4,33)34)20-11-17(28(31)32)8-6-14(20)2/h6-11,15H,5,12-13H2,1-4H3,(H,25,30).